The van der Waals surface area contributed by atoms with E-state index in [1.54, 1.807) is 12.4 Å². The second-order valence-corrected chi connectivity index (χ2v) is 6.82. The summed E-state index contributed by atoms with van der Waals surface area (Å²) in [5.74, 6) is 0.475. The van der Waals surface area contributed by atoms with Gasteiger partial charge in [0.1, 0.15) is 6.61 Å². The Morgan fingerprint density at radius 3 is 2.59 bits per heavy atom. The summed E-state index contributed by atoms with van der Waals surface area (Å²) in [5.41, 5.74) is -0.162. The zero-order valence-electron chi connectivity index (χ0n) is 13.7. The number of aromatic nitrogens is 2. The molecule has 0 bridgehead atoms. The Balaban J connectivity index is 1.66. The van der Waals surface area contributed by atoms with Gasteiger partial charge in [0, 0.05) is 12.8 Å². The lowest BCUT2D eigenvalue weighted by Gasteiger charge is -2.32. The summed E-state index contributed by atoms with van der Waals surface area (Å²) in [6.45, 7) is 9.36. The van der Waals surface area contributed by atoms with Crippen molar-refractivity contribution in [2.24, 2.45) is 0 Å². The standard InChI is InChI=1S/C15H23BN2O4/c1-14(2)15(3,4)22-16(21-14)12-8-17-9-13(18-12)20-10-11-6-5-7-19-11/h8-9,11H,5-7,10H2,1-4H3. The van der Waals surface area contributed by atoms with Crippen molar-refractivity contribution < 1.29 is 18.8 Å². The number of hydrogen-bond donors (Lipinski definition) is 0. The molecule has 1 atom stereocenters. The predicted molar refractivity (Wildman–Crippen MR) is 82.2 cm³/mol. The van der Waals surface area contributed by atoms with Crippen LogP contribution in [0.15, 0.2) is 12.4 Å². The second-order valence-electron chi connectivity index (χ2n) is 6.82. The molecule has 3 rings (SSSR count). The molecule has 0 amide bonds. The van der Waals surface area contributed by atoms with E-state index in [0.717, 1.165) is 19.4 Å². The van der Waals surface area contributed by atoms with Crippen molar-refractivity contribution >= 4 is 12.7 Å². The van der Waals surface area contributed by atoms with Gasteiger partial charge in [-0.25, -0.2) is 4.98 Å². The largest absolute Gasteiger partial charge is 0.516 e. The van der Waals surface area contributed by atoms with Crippen LogP contribution in [0.3, 0.4) is 0 Å². The topological polar surface area (TPSA) is 62.7 Å². The Hall–Kier alpha value is -1.18. The van der Waals surface area contributed by atoms with Crippen molar-refractivity contribution in [1.29, 1.82) is 0 Å². The Morgan fingerprint density at radius 2 is 1.95 bits per heavy atom. The lowest BCUT2D eigenvalue weighted by Crippen LogP contribution is -2.41. The molecule has 0 N–H and O–H groups in total. The van der Waals surface area contributed by atoms with Crippen LogP contribution in [0.25, 0.3) is 0 Å². The van der Waals surface area contributed by atoms with E-state index in [0.29, 0.717) is 18.1 Å². The van der Waals surface area contributed by atoms with Crippen LogP contribution in [0.4, 0.5) is 0 Å². The van der Waals surface area contributed by atoms with Crippen molar-refractivity contribution in [1.82, 2.24) is 9.97 Å². The highest BCUT2D eigenvalue weighted by molar-refractivity contribution is 6.61. The molecule has 1 aromatic rings. The van der Waals surface area contributed by atoms with Crippen LogP contribution in [-0.2, 0) is 14.0 Å². The van der Waals surface area contributed by atoms with Gasteiger partial charge in [-0.3, -0.25) is 4.98 Å². The molecule has 1 aromatic heterocycles. The average molecular weight is 306 g/mol. The molecule has 0 aliphatic carbocycles. The SMILES string of the molecule is CC1(C)OB(c2cncc(OCC3CCCO3)n2)OC1(C)C. The zero-order valence-corrected chi connectivity index (χ0v) is 13.7. The molecule has 3 heterocycles. The fourth-order valence-electron chi connectivity index (χ4n) is 2.46. The highest BCUT2D eigenvalue weighted by Gasteiger charge is 2.52. The number of nitrogens with zero attached hydrogens (tertiary/aromatic N) is 2. The summed E-state index contributed by atoms with van der Waals surface area (Å²) in [4.78, 5) is 8.64. The molecule has 6 nitrogen and oxygen atoms in total. The number of hydrogen-bond acceptors (Lipinski definition) is 6. The molecule has 22 heavy (non-hydrogen) atoms. The van der Waals surface area contributed by atoms with E-state index < -0.39 is 18.3 Å². The van der Waals surface area contributed by atoms with Crippen molar-refractivity contribution in [3.63, 3.8) is 0 Å². The lowest BCUT2D eigenvalue weighted by molar-refractivity contribution is 0.00578. The second kappa shape index (κ2) is 5.79. The van der Waals surface area contributed by atoms with Crippen LogP contribution in [0.1, 0.15) is 40.5 Å². The first-order valence-electron chi connectivity index (χ1n) is 7.79. The molecular formula is C15H23BN2O4. The van der Waals surface area contributed by atoms with E-state index >= 15 is 0 Å². The first kappa shape index (κ1) is 15.7. The van der Waals surface area contributed by atoms with Crippen molar-refractivity contribution in [2.75, 3.05) is 13.2 Å². The Kier molecular flexibility index (Phi) is 4.14. The van der Waals surface area contributed by atoms with E-state index in [1.807, 2.05) is 27.7 Å². The molecule has 7 heteroatoms. The number of ether oxygens (including phenoxy) is 2. The summed E-state index contributed by atoms with van der Waals surface area (Å²) in [6, 6.07) is 0. The summed E-state index contributed by atoms with van der Waals surface area (Å²) in [7, 11) is -0.524. The minimum Gasteiger partial charge on any atom is -0.474 e. The maximum absolute atomic E-state index is 5.98. The molecule has 2 aliphatic rings. The van der Waals surface area contributed by atoms with Crippen LogP contribution >= 0.6 is 0 Å². The third-order valence-corrected chi connectivity index (χ3v) is 4.57. The van der Waals surface area contributed by atoms with Gasteiger partial charge in [0.25, 0.3) is 0 Å². The molecule has 120 valence electrons. The van der Waals surface area contributed by atoms with E-state index in [4.69, 9.17) is 18.8 Å². The summed E-state index contributed by atoms with van der Waals surface area (Å²) in [5, 5.41) is 0. The summed E-state index contributed by atoms with van der Waals surface area (Å²) in [6.07, 6.45) is 5.53. The van der Waals surface area contributed by atoms with E-state index in [1.165, 1.54) is 0 Å². The van der Waals surface area contributed by atoms with Crippen molar-refractivity contribution in [2.45, 2.75) is 57.8 Å². The van der Waals surface area contributed by atoms with Gasteiger partial charge in [-0.05, 0) is 40.5 Å². The van der Waals surface area contributed by atoms with Crippen LogP contribution in [0.2, 0.25) is 0 Å². The molecule has 1 unspecified atom stereocenters. The van der Waals surface area contributed by atoms with Gasteiger partial charge in [-0.1, -0.05) is 0 Å². The third-order valence-electron chi connectivity index (χ3n) is 4.57. The van der Waals surface area contributed by atoms with Gasteiger partial charge in [-0.2, -0.15) is 0 Å². The van der Waals surface area contributed by atoms with E-state index in [9.17, 15) is 0 Å². The van der Waals surface area contributed by atoms with Crippen LogP contribution in [0.5, 0.6) is 5.88 Å². The fraction of sp³-hybridized carbons (Fsp3) is 0.733. The third kappa shape index (κ3) is 3.11. The van der Waals surface area contributed by atoms with Gasteiger partial charge in [0.2, 0.25) is 5.88 Å². The highest BCUT2D eigenvalue weighted by Crippen LogP contribution is 2.36. The smallest absolute Gasteiger partial charge is 0.474 e. The van der Waals surface area contributed by atoms with Crippen LogP contribution in [0, 0.1) is 0 Å². The summed E-state index contributed by atoms with van der Waals surface area (Å²) < 4.78 is 23.2. The van der Waals surface area contributed by atoms with Gasteiger partial charge < -0.3 is 18.8 Å². The van der Waals surface area contributed by atoms with Gasteiger partial charge in [0.05, 0.1) is 29.1 Å². The Labute approximate surface area is 131 Å². The quantitative estimate of drug-likeness (QED) is 0.782. The maximum Gasteiger partial charge on any atom is 0.516 e. The molecule has 2 saturated heterocycles. The minimum atomic E-state index is -0.524. The van der Waals surface area contributed by atoms with Crippen molar-refractivity contribution in [3.8, 4) is 5.88 Å². The Morgan fingerprint density at radius 1 is 1.23 bits per heavy atom. The molecule has 2 aliphatic heterocycles. The van der Waals surface area contributed by atoms with Gasteiger partial charge in [-0.15, -0.1) is 0 Å². The van der Waals surface area contributed by atoms with Crippen molar-refractivity contribution in [3.05, 3.63) is 12.4 Å². The van der Waals surface area contributed by atoms with Crippen LogP contribution in [-0.4, -0.2) is 47.6 Å². The van der Waals surface area contributed by atoms with E-state index in [-0.39, 0.29) is 6.10 Å². The maximum atomic E-state index is 5.98. The zero-order chi connectivity index (χ0) is 15.8. The normalized spacial score (nSPS) is 26.4. The first-order chi connectivity index (χ1) is 10.4. The lowest BCUT2D eigenvalue weighted by atomic mass is 9.85. The van der Waals surface area contributed by atoms with Gasteiger partial charge >= 0.3 is 7.12 Å². The minimum absolute atomic E-state index is 0.155. The molecule has 0 saturated carbocycles. The molecule has 2 fully saturated rings. The average Bonchev–Trinajstić information content (AvgIpc) is 3.04. The predicted octanol–water partition coefficient (Wildman–Crippen LogP) is 1.33. The molecule has 0 aromatic carbocycles. The molecule has 0 spiro atoms. The first-order valence-corrected chi connectivity index (χ1v) is 7.79. The van der Waals surface area contributed by atoms with E-state index in [2.05, 4.69) is 9.97 Å². The van der Waals surface area contributed by atoms with Gasteiger partial charge in [0.15, 0.2) is 0 Å². The molecular weight excluding hydrogens is 283 g/mol. The Bertz CT molecular complexity index is 516. The molecule has 0 radical (unpaired) electrons. The monoisotopic (exact) mass is 306 g/mol. The highest BCUT2D eigenvalue weighted by atomic mass is 16.7. The summed E-state index contributed by atoms with van der Waals surface area (Å²) >= 11 is 0. The number of rotatable bonds is 4. The fourth-order valence-corrected chi connectivity index (χ4v) is 2.46. The van der Waals surface area contributed by atoms with Crippen LogP contribution < -0.4 is 10.3 Å².